The SMILES string of the molecule is CC(C)c1ccc(C(O)C(=O)NCCO)cc1. The van der Waals surface area contributed by atoms with Crippen molar-refractivity contribution in [2.24, 2.45) is 0 Å². The molecule has 3 N–H and O–H groups in total. The lowest BCUT2D eigenvalue weighted by atomic mass is 10.00. The van der Waals surface area contributed by atoms with Crippen LogP contribution < -0.4 is 5.32 Å². The monoisotopic (exact) mass is 237 g/mol. The first-order valence-corrected chi connectivity index (χ1v) is 5.72. The predicted octanol–water partition coefficient (Wildman–Crippen LogP) is 0.952. The molecular formula is C13H19NO3. The Morgan fingerprint density at radius 3 is 2.24 bits per heavy atom. The second-order valence-corrected chi connectivity index (χ2v) is 4.24. The molecule has 0 spiro atoms. The lowest BCUT2D eigenvalue weighted by molar-refractivity contribution is -0.129. The zero-order valence-corrected chi connectivity index (χ0v) is 10.2. The van der Waals surface area contributed by atoms with Crippen molar-refractivity contribution in [2.45, 2.75) is 25.9 Å². The van der Waals surface area contributed by atoms with Crippen molar-refractivity contribution in [1.29, 1.82) is 0 Å². The fourth-order valence-electron chi connectivity index (χ4n) is 1.49. The van der Waals surface area contributed by atoms with Gasteiger partial charge in [0, 0.05) is 6.54 Å². The Labute approximate surface area is 101 Å². The average Bonchev–Trinajstić information content (AvgIpc) is 2.35. The van der Waals surface area contributed by atoms with Crippen LogP contribution in [0, 0.1) is 0 Å². The van der Waals surface area contributed by atoms with Crippen LogP contribution in [0.3, 0.4) is 0 Å². The highest BCUT2D eigenvalue weighted by molar-refractivity contribution is 5.81. The van der Waals surface area contributed by atoms with E-state index < -0.39 is 12.0 Å². The lowest BCUT2D eigenvalue weighted by Crippen LogP contribution is -2.31. The van der Waals surface area contributed by atoms with Gasteiger partial charge in [0.1, 0.15) is 0 Å². The van der Waals surface area contributed by atoms with Crippen molar-refractivity contribution in [3.63, 3.8) is 0 Å². The van der Waals surface area contributed by atoms with Crippen LogP contribution in [0.1, 0.15) is 37.0 Å². The molecule has 0 aliphatic rings. The number of hydrogen-bond acceptors (Lipinski definition) is 3. The molecule has 1 atom stereocenters. The van der Waals surface area contributed by atoms with Crippen LogP contribution in [0.15, 0.2) is 24.3 Å². The summed E-state index contributed by atoms with van der Waals surface area (Å²) in [7, 11) is 0. The molecule has 17 heavy (non-hydrogen) atoms. The molecule has 0 radical (unpaired) electrons. The fourth-order valence-corrected chi connectivity index (χ4v) is 1.49. The van der Waals surface area contributed by atoms with Gasteiger partial charge in [0.25, 0.3) is 5.91 Å². The topological polar surface area (TPSA) is 69.6 Å². The molecule has 1 aromatic rings. The van der Waals surface area contributed by atoms with E-state index in [1.54, 1.807) is 12.1 Å². The Kier molecular flexibility index (Phi) is 5.12. The molecule has 94 valence electrons. The number of amides is 1. The predicted molar refractivity (Wildman–Crippen MR) is 65.6 cm³/mol. The molecular weight excluding hydrogens is 218 g/mol. The first-order chi connectivity index (χ1) is 8.06. The van der Waals surface area contributed by atoms with Crippen molar-refractivity contribution < 1.29 is 15.0 Å². The zero-order chi connectivity index (χ0) is 12.8. The molecule has 4 nitrogen and oxygen atoms in total. The van der Waals surface area contributed by atoms with Crippen molar-refractivity contribution >= 4 is 5.91 Å². The van der Waals surface area contributed by atoms with Crippen LogP contribution in [-0.4, -0.2) is 29.3 Å². The summed E-state index contributed by atoms with van der Waals surface area (Å²) in [6.45, 7) is 4.18. The number of rotatable bonds is 5. The number of hydrogen-bond donors (Lipinski definition) is 3. The first kappa shape index (κ1) is 13.7. The zero-order valence-electron chi connectivity index (χ0n) is 10.2. The molecule has 0 fully saturated rings. The van der Waals surface area contributed by atoms with Gasteiger partial charge < -0.3 is 15.5 Å². The minimum absolute atomic E-state index is 0.134. The first-order valence-electron chi connectivity index (χ1n) is 5.72. The minimum Gasteiger partial charge on any atom is -0.395 e. The van der Waals surface area contributed by atoms with Gasteiger partial charge in [-0.3, -0.25) is 4.79 Å². The van der Waals surface area contributed by atoms with Crippen LogP contribution >= 0.6 is 0 Å². The van der Waals surface area contributed by atoms with Crippen molar-refractivity contribution in [2.75, 3.05) is 13.2 Å². The molecule has 0 aliphatic carbocycles. The van der Waals surface area contributed by atoms with E-state index in [4.69, 9.17) is 5.11 Å². The van der Waals surface area contributed by atoms with Crippen LogP contribution in [0.4, 0.5) is 0 Å². The third kappa shape index (κ3) is 3.84. The van der Waals surface area contributed by atoms with Crippen LogP contribution in [0.2, 0.25) is 0 Å². The Morgan fingerprint density at radius 1 is 1.24 bits per heavy atom. The summed E-state index contributed by atoms with van der Waals surface area (Å²) in [5.41, 5.74) is 1.72. The van der Waals surface area contributed by atoms with Crippen molar-refractivity contribution in [3.05, 3.63) is 35.4 Å². The van der Waals surface area contributed by atoms with E-state index in [-0.39, 0.29) is 13.2 Å². The van der Waals surface area contributed by atoms with E-state index in [2.05, 4.69) is 19.2 Å². The summed E-state index contributed by atoms with van der Waals surface area (Å²) in [6, 6.07) is 7.31. The molecule has 4 heteroatoms. The quantitative estimate of drug-likeness (QED) is 0.714. The Balaban J connectivity index is 2.69. The Hall–Kier alpha value is -1.39. The van der Waals surface area contributed by atoms with Gasteiger partial charge in [0.2, 0.25) is 0 Å². The van der Waals surface area contributed by atoms with Gasteiger partial charge in [-0.25, -0.2) is 0 Å². The lowest BCUT2D eigenvalue weighted by Gasteiger charge is -2.12. The van der Waals surface area contributed by atoms with E-state index >= 15 is 0 Å². The number of benzene rings is 1. The molecule has 0 saturated carbocycles. The van der Waals surface area contributed by atoms with E-state index in [0.29, 0.717) is 11.5 Å². The molecule has 0 saturated heterocycles. The number of aliphatic hydroxyl groups is 2. The Bertz CT molecular complexity index is 359. The van der Waals surface area contributed by atoms with Gasteiger partial charge in [-0.2, -0.15) is 0 Å². The van der Waals surface area contributed by atoms with E-state index in [0.717, 1.165) is 5.56 Å². The highest BCUT2D eigenvalue weighted by atomic mass is 16.3. The number of aliphatic hydroxyl groups excluding tert-OH is 2. The van der Waals surface area contributed by atoms with Gasteiger partial charge >= 0.3 is 0 Å². The molecule has 0 aromatic heterocycles. The number of nitrogens with one attached hydrogen (secondary N) is 1. The summed E-state index contributed by atoms with van der Waals surface area (Å²) in [5, 5.41) is 20.7. The summed E-state index contributed by atoms with van der Waals surface area (Å²) >= 11 is 0. The van der Waals surface area contributed by atoms with Crippen molar-refractivity contribution in [1.82, 2.24) is 5.32 Å². The molecule has 1 rings (SSSR count). The van der Waals surface area contributed by atoms with Gasteiger partial charge in [0.05, 0.1) is 6.61 Å². The van der Waals surface area contributed by atoms with Gasteiger partial charge in [-0.15, -0.1) is 0 Å². The maximum Gasteiger partial charge on any atom is 0.253 e. The molecule has 0 aliphatic heterocycles. The molecule has 1 amide bonds. The van der Waals surface area contributed by atoms with Crippen molar-refractivity contribution in [3.8, 4) is 0 Å². The second kappa shape index (κ2) is 6.37. The third-order valence-corrected chi connectivity index (χ3v) is 2.58. The average molecular weight is 237 g/mol. The van der Waals surface area contributed by atoms with Crippen LogP contribution in [0.5, 0.6) is 0 Å². The summed E-state index contributed by atoms with van der Waals surface area (Å²) in [4.78, 5) is 11.4. The molecule has 0 heterocycles. The van der Waals surface area contributed by atoms with Gasteiger partial charge in [-0.1, -0.05) is 38.1 Å². The number of carbonyl (C=O) groups excluding carboxylic acids is 1. The standard InChI is InChI=1S/C13H19NO3/c1-9(2)10-3-5-11(6-4-10)12(16)13(17)14-7-8-15/h3-6,9,12,15-16H,7-8H2,1-2H3,(H,14,17). The molecule has 1 aromatic carbocycles. The molecule has 0 bridgehead atoms. The maximum atomic E-state index is 11.4. The largest absolute Gasteiger partial charge is 0.395 e. The van der Waals surface area contributed by atoms with Crippen LogP contribution in [0.25, 0.3) is 0 Å². The highest BCUT2D eigenvalue weighted by Gasteiger charge is 2.16. The van der Waals surface area contributed by atoms with Crippen LogP contribution in [-0.2, 0) is 4.79 Å². The fraction of sp³-hybridized carbons (Fsp3) is 0.462. The third-order valence-electron chi connectivity index (χ3n) is 2.58. The summed E-state index contributed by atoms with van der Waals surface area (Å²) < 4.78 is 0. The Morgan fingerprint density at radius 2 is 1.76 bits per heavy atom. The van der Waals surface area contributed by atoms with E-state index in [9.17, 15) is 9.90 Å². The van der Waals surface area contributed by atoms with E-state index in [1.807, 2.05) is 12.1 Å². The highest BCUT2D eigenvalue weighted by Crippen LogP contribution is 2.18. The summed E-state index contributed by atoms with van der Waals surface area (Å²) in [6.07, 6.45) is -1.18. The summed E-state index contributed by atoms with van der Waals surface area (Å²) in [5.74, 6) is -0.0687. The molecule has 1 unspecified atom stereocenters. The van der Waals surface area contributed by atoms with E-state index in [1.165, 1.54) is 0 Å². The minimum atomic E-state index is -1.18. The normalized spacial score (nSPS) is 12.5. The second-order valence-electron chi connectivity index (χ2n) is 4.24. The van der Waals surface area contributed by atoms with Gasteiger partial charge in [-0.05, 0) is 17.0 Å². The smallest absolute Gasteiger partial charge is 0.253 e. The maximum absolute atomic E-state index is 11.4. The van der Waals surface area contributed by atoms with Gasteiger partial charge in [0.15, 0.2) is 6.10 Å². The number of carbonyl (C=O) groups is 1.